The van der Waals surface area contributed by atoms with Gasteiger partial charge in [-0.2, -0.15) is 0 Å². The summed E-state index contributed by atoms with van der Waals surface area (Å²) in [6.45, 7) is 1.12. The van der Waals surface area contributed by atoms with Crippen LogP contribution in [-0.2, 0) is 16.1 Å². The molecular weight excluding hydrogens is 316 g/mol. The normalized spacial score (nSPS) is 23.3. The summed E-state index contributed by atoms with van der Waals surface area (Å²) < 4.78 is 6.70. The van der Waals surface area contributed by atoms with Crippen molar-refractivity contribution in [3.8, 4) is 0 Å². The lowest BCUT2D eigenvalue weighted by atomic mass is 10.2. The molecule has 1 fully saturated rings. The number of rotatable bonds is 4. The van der Waals surface area contributed by atoms with E-state index in [0.717, 1.165) is 21.5 Å². The summed E-state index contributed by atoms with van der Waals surface area (Å²) in [5, 5.41) is 0. The fraction of sp³-hybridized carbons (Fsp3) is 0.583. The second-order valence-corrected chi connectivity index (χ2v) is 7.01. The number of carbonyl (C=O) groups excluding carboxylic acids is 1. The largest absolute Gasteiger partial charge is 0.364 e. The predicted molar refractivity (Wildman–Crippen MR) is 75.4 cm³/mol. The van der Waals surface area contributed by atoms with E-state index in [2.05, 4.69) is 15.9 Å². The van der Waals surface area contributed by atoms with Crippen LogP contribution in [0.2, 0.25) is 0 Å². The summed E-state index contributed by atoms with van der Waals surface area (Å²) in [6.07, 6.45) is 1.39. The Labute approximate surface area is 119 Å². The molecule has 1 amide bonds. The van der Waals surface area contributed by atoms with Gasteiger partial charge in [-0.3, -0.25) is 4.79 Å². The highest BCUT2D eigenvalue weighted by Gasteiger charge is 2.31. The van der Waals surface area contributed by atoms with Crippen molar-refractivity contribution >= 4 is 33.2 Å². The maximum Gasteiger partial charge on any atom is 0.251 e. The van der Waals surface area contributed by atoms with E-state index in [1.54, 1.807) is 16.2 Å². The molecule has 0 radical (unpaired) electrons. The first-order valence-corrected chi connectivity index (χ1v) is 7.56. The van der Waals surface area contributed by atoms with Crippen LogP contribution in [-0.4, -0.2) is 36.6 Å². The monoisotopic (exact) mass is 332 g/mol. The van der Waals surface area contributed by atoms with E-state index in [4.69, 9.17) is 10.5 Å². The van der Waals surface area contributed by atoms with E-state index in [0.29, 0.717) is 13.1 Å². The minimum absolute atomic E-state index is 0.0447. The summed E-state index contributed by atoms with van der Waals surface area (Å²) in [7, 11) is 1.81. The van der Waals surface area contributed by atoms with Gasteiger partial charge in [-0.25, -0.2) is 0 Å². The third-order valence-corrected chi connectivity index (χ3v) is 4.65. The quantitative estimate of drug-likeness (QED) is 0.917. The van der Waals surface area contributed by atoms with Crippen LogP contribution in [0.4, 0.5) is 0 Å². The lowest BCUT2D eigenvalue weighted by Gasteiger charge is -2.20. The van der Waals surface area contributed by atoms with Crippen LogP contribution in [0, 0.1) is 0 Å². The molecule has 4 nitrogen and oxygen atoms in total. The summed E-state index contributed by atoms with van der Waals surface area (Å²) in [5.74, 6) is 0.0514. The second-order valence-electron chi connectivity index (χ2n) is 4.46. The summed E-state index contributed by atoms with van der Waals surface area (Å²) in [6, 6.07) is 4.02. The van der Waals surface area contributed by atoms with Crippen LogP contribution < -0.4 is 5.73 Å². The Morgan fingerprint density at radius 3 is 2.94 bits per heavy atom. The number of likely N-dealkylation sites (N-methyl/N-ethyl adjacent to an activating group) is 1. The van der Waals surface area contributed by atoms with Gasteiger partial charge in [-0.1, -0.05) is 0 Å². The Kier molecular flexibility index (Phi) is 4.77. The molecule has 0 unspecified atom stereocenters. The molecule has 0 aliphatic carbocycles. The van der Waals surface area contributed by atoms with Crippen LogP contribution in [0.15, 0.2) is 15.9 Å². The highest BCUT2D eigenvalue weighted by molar-refractivity contribution is 9.11. The zero-order valence-electron chi connectivity index (χ0n) is 10.3. The number of hydrogen-bond donors (Lipinski definition) is 1. The summed E-state index contributed by atoms with van der Waals surface area (Å²) in [5.41, 5.74) is 5.55. The molecule has 18 heavy (non-hydrogen) atoms. The summed E-state index contributed by atoms with van der Waals surface area (Å²) >= 11 is 5.06. The number of halogens is 1. The highest BCUT2D eigenvalue weighted by atomic mass is 79.9. The molecule has 1 aliphatic rings. The molecule has 100 valence electrons. The fourth-order valence-electron chi connectivity index (χ4n) is 2.05. The van der Waals surface area contributed by atoms with Gasteiger partial charge < -0.3 is 15.4 Å². The van der Waals surface area contributed by atoms with Crippen LogP contribution >= 0.6 is 27.3 Å². The molecule has 1 aromatic rings. The smallest absolute Gasteiger partial charge is 0.251 e. The molecule has 1 aromatic heterocycles. The number of ether oxygens (including phenoxy) is 1. The minimum Gasteiger partial charge on any atom is -0.364 e. The van der Waals surface area contributed by atoms with E-state index >= 15 is 0 Å². The van der Waals surface area contributed by atoms with Gasteiger partial charge in [0.1, 0.15) is 6.10 Å². The molecule has 0 bridgehead atoms. The van der Waals surface area contributed by atoms with Gasteiger partial charge in [0.05, 0.1) is 16.4 Å². The first-order valence-electron chi connectivity index (χ1n) is 5.95. The van der Waals surface area contributed by atoms with Gasteiger partial charge in [0.15, 0.2) is 0 Å². The van der Waals surface area contributed by atoms with Crippen LogP contribution in [0.1, 0.15) is 17.7 Å². The van der Waals surface area contributed by atoms with Crippen molar-refractivity contribution < 1.29 is 9.53 Å². The van der Waals surface area contributed by atoms with Crippen molar-refractivity contribution in [3.05, 3.63) is 20.8 Å². The predicted octanol–water partition coefficient (Wildman–Crippen LogP) is 1.98. The lowest BCUT2D eigenvalue weighted by molar-refractivity contribution is -0.141. The maximum absolute atomic E-state index is 12.2. The Balaban J connectivity index is 1.89. The number of amides is 1. The van der Waals surface area contributed by atoms with Crippen molar-refractivity contribution in [2.45, 2.75) is 31.6 Å². The third kappa shape index (κ3) is 3.32. The Bertz CT molecular complexity index is 424. The van der Waals surface area contributed by atoms with Gasteiger partial charge in [0, 0.05) is 18.5 Å². The molecule has 2 atom stereocenters. The minimum atomic E-state index is -0.313. The maximum atomic E-state index is 12.2. The lowest BCUT2D eigenvalue weighted by Crippen LogP contribution is -2.36. The molecule has 2 N–H and O–H groups in total. The third-order valence-electron chi connectivity index (χ3n) is 3.04. The Morgan fingerprint density at radius 2 is 2.39 bits per heavy atom. The molecule has 0 saturated carbocycles. The average molecular weight is 333 g/mol. The second kappa shape index (κ2) is 6.14. The van der Waals surface area contributed by atoms with Gasteiger partial charge in [-0.15, -0.1) is 11.3 Å². The van der Waals surface area contributed by atoms with Crippen LogP contribution in [0.3, 0.4) is 0 Å². The van der Waals surface area contributed by atoms with Crippen molar-refractivity contribution in [2.24, 2.45) is 5.73 Å². The number of hydrogen-bond acceptors (Lipinski definition) is 4. The number of carbonyl (C=O) groups is 1. The van der Waals surface area contributed by atoms with Crippen molar-refractivity contribution in [1.82, 2.24) is 4.90 Å². The van der Waals surface area contributed by atoms with Crippen molar-refractivity contribution in [3.63, 3.8) is 0 Å². The first-order chi connectivity index (χ1) is 8.60. The number of nitrogens with zero attached hydrogens (tertiary/aromatic N) is 1. The number of nitrogens with two attached hydrogens (primary N) is 1. The summed E-state index contributed by atoms with van der Waals surface area (Å²) in [4.78, 5) is 15.1. The van der Waals surface area contributed by atoms with Crippen molar-refractivity contribution in [2.75, 3.05) is 13.6 Å². The topological polar surface area (TPSA) is 55.6 Å². The number of thiophene rings is 1. The van der Waals surface area contributed by atoms with Gasteiger partial charge in [0.2, 0.25) is 0 Å². The highest BCUT2D eigenvalue weighted by Crippen LogP contribution is 2.25. The van der Waals surface area contributed by atoms with Crippen LogP contribution in [0.25, 0.3) is 0 Å². The Hall–Kier alpha value is -0.430. The zero-order valence-corrected chi connectivity index (χ0v) is 12.7. The van der Waals surface area contributed by atoms with E-state index < -0.39 is 0 Å². The van der Waals surface area contributed by atoms with Crippen LogP contribution in [0.5, 0.6) is 0 Å². The van der Waals surface area contributed by atoms with E-state index in [9.17, 15) is 4.79 Å². The molecule has 2 heterocycles. The zero-order chi connectivity index (χ0) is 13.1. The SMILES string of the molecule is CN(Cc1ccc(Br)s1)C(=O)[C@@H]1CC[C@H](CN)O1. The van der Waals surface area contributed by atoms with E-state index in [1.807, 2.05) is 19.2 Å². The van der Waals surface area contributed by atoms with Crippen molar-refractivity contribution in [1.29, 1.82) is 0 Å². The van der Waals surface area contributed by atoms with E-state index in [-0.39, 0.29) is 18.1 Å². The molecular formula is C12H17BrN2O2S. The fourth-order valence-corrected chi connectivity index (χ4v) is 3.59. The van der Waals surface area contributed by atoms with Gasteiger partial charge >= 0.3 is 0 Å². The molecule has 1 saturated heterocycles. The van der Waals surface area contributed by atoms with Gasteiger partial charge in [-0.05, 0) is 40.9 Å². The molecule has 0 spiro atoms. The molecule has 2 rings (SSSR count). The van der Waals surface area contributed by atoms with E-state index in [1.165, 1.54) is 0 Å². The molecule has 6 heteroatoms. The molecule has 1 aliphatic heterocycles. The first kappa shape index (κ1) is 14.0. The molecule has 0 aromatic carbocycles. The average Bonchev–Trinajstić information content (AvgIpc) is 2.97. The standard InChI is InChI=1S/C12H17BrN2O2S/c1-15(7-9-3-5-11(13)18-9)12(16)10-4-2-8(6-14)17-10/h3,5,8,10H,2,4,6-7,14H2,1H3/t8-,10+/m1/s1. The van der Waals surface area contributed by atoms with Gasteiger partial charge in [0.25, 0.3) is 5.91 Å². The Morgan fingerprint density at radius 1 is 1.61 bits per heavy atom.